The second-order valence-electron chi connectivity index (χ2n) is 7.76. The Kier molecular flexibility index (Phi) is 4.03. The van der Waals surface area contributed by atoms with Crippen LogP contribution in [0.5, 0.6) is 11.5 Å². The van der Waals surface area contributed by atoms with Gasteiger partial charge in [-0.1, -0.05) is 6.42 Å². The van der Waals surface area contributed by atoms with Crippen molar-refractivity contribution in [3.8, 4) is 11.5 Å². The van der Waals surface area contributed by atoms with Crippen LogP contribution in [0.3, 0.4) is 0 Å². The summed E-state index contributed by atoms with van der Waals surface area (Å²) in [5.41, 5.74) is 3.33. The van der Waals surface area contributed by atoms with E-state index in [1.807, 2.05) is 0 Å². The van der Waals surface area contributed by atoms with E-state index >= 15 is 0 Å². The van der Waals surface area contributed by atoms with Gasteiger partial charge in [0, 0.05) is 26.4 Å². The van der Waals surface area contributed by atoms with Crippen LogP contribution in [0.1, 0.15) is 49.7 Å². The standard InChI is InChI=1S/C20H27NO3/c1-22-7-4-8-24-18-9-15-11-20(13-19(14-20)5-3-6-19)21-12-16(15)10-17(18)23-2/h9-10,12H,3-8,11,13-14H2,1-2H3. The minimum absolute atomic E-state index is 0.162. The van der Waals surface area contributed by atoms with Gasteiger partial charge in [0.25, 0.3) is 0 Å². The van der Waals surface area contributed by atoms with Crippen molar-refractivity contribution in [2.45, 2.75) is 50.5 Å². The maximum atomic E-state index is 5.94. The molecule has 2 fully saturated rings. The van der Waals surface area contributed by atoms with Crippen LogP contribution in [-0.4, -0.2) is 39.2 Å². The zero-order valence-corrected chi connectivity index (χ0v) is 14.8. The van der Waals surface area contributed by atoms with E-state index < -0.39 is 0 Å². The van der Waals surface area contributed by atoms with Crippen LogP contribution in [0.4, 0.5) is 0 Å². The summed E-state index contributed by atoms with van der Waals surface area (Å²) in [6, 6.07) is 4.23. The Hall–Kier alpha value is -1.55. The molecule has 2 saturated carbocycles. The smallest absolute Gasteiger partial charge is 0.161 e. The molecule has 4 heteroatoms. The highest BCUT2D eigenvalue weighted by atomic mass is 16.5. The lowest BCUT2D eigenvalue weighted by atomic mass is 9.47. The Labute approximate surface area is 144 Å². The Morgan fingerprint density at radius 3 is 2.58 bits per heavy atom. The first-order valence-corrected chi connectivity index (χ1v) is 9.06. The van der Waals surface area contributed by atoms with E-state index in [9.17, 15) is 0 Å². The topological polar surface area (TPSA) is 40.0 Å². The number of rotatable bonds is 6. The molecule has 0 N–H and O–H groups in total. The third kappa shape index (κ3) is 2.71. The molecule has 0 amide bonds. The average molecular weight is 329 g/mol. The minimum Gasteiger partial charge on any atom is -0.493 e. The quantitative estimate of drug-likeness (QED) is 0.746. The first kappa shape index (κ1) is 15.9. The molecule has 130 valence electrons. The highest BCUT2D eigenvalue weighted by Crippen LogP contribution is 2.63. The van der Waals surface area contributed by atoms with Gasteiger partial charge < -0.3 is 14.2 Å². The molecule has 0 aromatic heterocycles. The van der Waals surface area contributed by atoms with Crippen LogP contribution in [0.15, 0.2) is 17.1 Å². The molecule has 4 nitrogen and oxygen atoms in total. The van der Waals surface area contributed by atoms with E-state index in [0.717, 1.165) is 24.3 Å². The van der Waals surface area contributed by atoms with Crippen molar-refractivity contribution < 1.29 is 14.2 Å². The number of fused-ring (bicyclic) bond motifs is 1. The van der Waals surface area contributed by atoms with Gasteiger partial charge in [0.05, 0.1) is 19.3 Å². The lowest BCUT2D eigenvalue weighted by Gasteiger charge is -2.60. The van der Waals surface area contributed by atoms with Crippen LogP contribution in [0, 0.1) is 5.41 Å². The van der Waals surface area contributed by atoms with Crippen molar-refractivity contribution in [2.24, 2.45) is 10.4 Å². The van der Waals surface area contributed by atoms with Crippen molar-refractivity contribution in [1.29, 1.82) is 0 Å². The van der Waals surface area contributed by atoms with E-state index in [-0.39, 0.29) is 5.54 Å². The number of benzene rings is 1. The van der Waals surface area contributed by atoms with E-state index in [4.69, 9.17) is 19.2 Å². The summed E-state index contributed by atoms with van der Waals surface area (Å²) in [4.78, 5) is 4.94. The van der Waals surface area contributed by atoms with Crippen molar-refractivity contribution >= 4 is 6.21 Å². The fraction of sp³-hybridized carbons (Fsp3) is 0.650. The number of hydrogen-bond acceptors (Lipinski definition) is 4. The molecule has 2 spiro atoms. The molecule has 1 aromatic rings. The van der Waals surface area contributed by atoms with Gasteiger partial charge in [-0.25, -0.2) is 0 Å². The van der Waals surface area contributed by atoms with Crippen molar-refractivity contribution in [3.05, 3.63) is 23.3 Å². The van der Waals surface area contributed by atoms with Gasteiger partial charge in [-0.05, 0) is 60.8 Å². The van der Waals surface area contributed by atoms with Gasteiger partial charge >= 0.3 is 0 Å². The fourth-order valence-electron chi connectivity index (χ4n) is 4.75. The van der Waals surface area contributed by atoms with Gasteiger partial charge in [-0.2, -0.15) is 0 Å². The highest BCUT2D eigenvalue weighted by molar-refractivity contribution is 5.85. The van der Waals surface area contributed by atoms with Gasteiger partial charge in [-0.3, -0.25) is 4.99 Å². The lowest BCUT2D eigenvalue weighted by Crippen LogP contribution is -2.56. The van der Waals surface area contributed by atoms with Crippen LogP contribution < -0.4 is 9.47 Å². The lowest BCUT2D eigenvalue weighted by molar-refractivity contribution is -0.0418. The van der Waals surface area contributed by atoms with Crippen LogP contribution >= 0.6 is 0 Å². The molecular formula is C20H27NO3. The average Bonchev–Trinajstić information content (AvgIpc) is 2.53. The normalized spacial score (nSPS) is 21.9. The van der Waals surface area contributed by atoms with Gasteiger partial charge in [0.1, 0.15) is 0 Å². The number of aliphatic imine (C=N–C) groups is 1. The Balaban J connectivity index is 1.50. The SMILES string of the molecule is COCCCOc1cc2c(cc1OC)C=NC1(C2)CC2(CCC2)C1. The first-order chi connectivity index (χ1) is 11.7. The van der Waals surface area contributed by atoms with E-state index in [1.54, 1.807) is 14.2 Å². The van der Waals surface area contributed by atoms with Gasteiger partial charge in [0.15, 0.2) is 11.5 Å². The van der Waals surface area contributed by atoms with E-state index in [1.165, 1.54) is 43.2 Å². The second kappa shape index (κ2) is 6.07. The Bertz CT molecular complexity index is 641. The molecular weight excluding hydrogens is 302 g/mol. The van der Waals surface area contributed by atoms with Crippen molar-refractivity contribution in [2.75, 3.05) is 27.4 Å². The van der Waals surface area contributed by atoms with E-state index in [0.29, 0.717) is 18.6 Å². The summed E-state index contributed by atoms with van der Waals surface area (Å²) in [7, 11) is 3.41. The molecule has 4 rings (SSSR count). The summed E-state index contributed by atoms with van der Waals surface area (Å²) >= 11 is 0. The van der Waals surface area contributed by atoms with Gasteiger partial charge in [-0.15, -0.1) is 0 Å². The Morgan fingerprint density at radius 1 is 1.08 bits per heavy atom. The Morgan fingerprint density at radius 2 is 1.92 bits per heavy atom. The predicted octanol–water partition coefficient (Wildman–Crippen LogP) is 3.79. The third-order valence-electron chi connectivity index (χ3n) is 6.00. The number of hydrogen-bond donors (Lipinski definition) is 0. The molecule has 0 atom stereocenters. The highest BCUT2D eigenvalue weighted by Gasteiger charge is 2.57. The number of ether oxygens (including phenoxy) is 3. The largest absolute Gasteiger partial charge is 0.493 e. The molecule has 1 aromatic carbocycles. The van der Waals surface area contributed by atoms with E-state index in [2.05, 4.69) is 18.3 Å². The van der Waals surface area contributed by atoms with Crippen molar-refractivity contribution in [1.82, 2.24) is 0 Å². The summed E-state index contributed by atoms with van der Waals surface area (Å²) in [6.07, 6.45) is 10.7. The summed E-state index contributed by atoms with van der Waals surface area (Å²) < 4.78 is 16.5. The monoisotopic (exact) mass is 329 g/mol. The maximum Gasteiger partial charge on any atom is 0.161 e. The zero-order valence-electron chi connectivity index (χ0n) is 14.8. The molecule has 0 bridgehead atoms. The third-order valence-corrected chi connectivity index (χ3v) is 6.00. The molecule has 2 aliphatic carbocycles. The summed E-state index contributed by atoms with van der Waals surface area (Å²) in [5.74, 6) is 1.63. The molecule has 1 aliphatic heterocycles. The molecule has 0 radical (unpaired) electrons. The molecule has 24 heavy (non-hydrogen) atoms. The first-order valence-electron chi connectivity index (χ1n) is 9.06. The number of methoxy groups -OCH3 is 2. The number of nitrogens with zero attached hydrogens (tertiary/aromatic N) is 1. The summed E-state index contributed by atoms with van der Waals surface area (Å²) in [6.45, 7) is 1.36. The van der Waals surface area contributed by atoms with Crippen LogP contribution in [-0.2, 0) is 11.2 Å². The maximum absolute atomic E-state index is 5.94. The van der Waals surface area contributed by atoms with Gasteiger partial charge in [0.2, 0.25) is 0 Å². The molecule has 3 aliphatic rings. The van der Waals surface area contributed by atoms with Crippen LogP contribution in [0.2, 0.25) is 0 Å². The zero-order chi connectivity index (χ0) is 16.6. The molecule has 0 unspecified atom stereocenters. The summed E-state index contributed by atoms with van der Waals surface area (Å²) in [5, 5.41) is 0. The minimum atomic E-state index is 0.162. The predicted molar refractivity (Wildman–Crippen MR) is 94.5 cm³/mol. The molecule has 0 saturated heterocycles. The fourth-order valence-corrected chi connectivity index (χ4v) is 4.75. The van der Waals surface area contributed by atoms with Crippen molar-refractivity contribution in [3.63, 3.8) is 0 Å². The second-order valence-corrected chi connectivity index (χ2v) is 7.76. The van der Waals surface area contributed by atoms with Crippen LogP contribution in [0.25, 0.3) is 0 Å². The molecule has 1 heterocycles.